The van der Waals surface area contributed by atoms with Crippen LogP contribution in [-0.2, 0) is 5.88 Å². The first-order valence-electron chi connectivity index (χ1n) is 6.10. The Kier molecular flexibility index (Phi) is 3.22. The summed E-state index contributed by atoms with van der Waals surface area (Å²) in [4.78, 5) is 6.93. The fraction of sp³-hybridized carbons (Fsp3) is 0.462. The van der Waals surface area contributed by atoms with Crippen LogP contribution in [0.4, 0.5) is 0 Å². The van der Waals surface area contributed by atoms with Crippen LogP contribution in [0.25, 0.3) is 11.0 Å². The molecule has 2 aromatic rings. The molecule has 1 unspecified atom stereocenters. The quantitative estimate of drug-likeness (QED) is 0.789. The molecule has 1 fully saturated rings. The lowest BCUT2D eigenvalue weighted by molar-refractivity contribution is 0.393. The number of hydrogen-bond donors (Lipinski definition) is 0. The van der Waals surface area contributed by atoms with E-state index in [1.807, 2.05) is 18.2 Å². The summed E-state index contributed by atoms with van der Waals surface area (Å²) in [6.07, 6.45) is 1.15. The first kappa shape index (κ1) is 12.3. The van der Waals surface area contributed by atoms with Crippen LogP contribution in [0.1, 0.15) is 18.3 Å². The Labute approximate surface area is 116 Å². The van der Waals surface area contributed by atoms with E-state index in [2.05, 4.69) is 21.5 Å². The average molecular weight is 284 g/mol. The van der Waals surface area contributed by atoms with Crippen molar-refractivity contribution in [3.05, 3.63) is 29.0 Å². The number of imidazole rings is 1. The van der Waals surface area contributed by atoms with Gasteiger partial charge in [0.15, 0.2) is 0 Å². The van der Waals surface area contributed by atoms with Crippen LogP contribution in [0.2, 0.25) is 5.02 Å². The Morgan fingerprint density at radius 1 is 1.44 bits per heavy atom. The number of hydrogen-bond acceptors (Lipinski definition) is 2. The first-order chi connectivity index (χ1) is 8.69. The molecule has 1 aromatic carbocycles. The number of likely N-dealkylation sites (N-methyl/N-ethyl adjacent to an activating group) is 1. The highest BCUT2D eigenvalue weighted by Crippen LogP contribution is 2.29. The molecule has 18 heavy (non-hydrogen) atoms. The third kappa shape index (κ3) is 2.00. The molecule has 2 heterocycles. The van der Waals surface area contributed by atoms with Crippen LogP contribution < -0.4 is 0 Å². The van der Waals surface area contributed by atoms with Crippen LogP contribution in [0.5, 0.6) is 0 Å². The van der Waals surface area contributed by atoms with E-state index in [9.17, 15) is 0 Å². The van der Waals surface area contributed by atoms with Gasteiger partial charge in [-0.15, -0.1) is 11.6 Å². The molecule has 0 N–H and O–H groups in total. The second kappa shape index (κ2) is 4.72. The Balaban J connectivity index is 2.13. The highest BCUT2D eigenvalue weighted by molar-refractivity contribution is 6.31. The number of benzene rings is 1. The SMILES string of the molecule is CN1CCC(n2c(CCl)nc3cc(Cl)ccc32)C1. The van der Waals surface area contributed by atoms with Crippen molar-refractivity contribution in [1.29, 1.82) is 0 Å². The second-order valence-electron chi connectivity index (χ2n) is 4.87. The first-order valence-corrected chi connectivity index (χ1v) is 7.01. The lowest BCUT2D eigenvalue weighted by Gasteiger charge is -2.16. The monoisotopic (exact) mass is 283 g/mol. The maximum Gasteiger partial charge on any atom is 0.125 e. The number of halogens is 2. The Hall–Kier alpha value is -0.770. The Morgan fingerprint density at radius 2 is 2.28 bits per heavy atom. The molecule has 5 heteroatoms. The van der Waals surface area contributed by atoms with E-state index in [4.69, 9.17) is 23.2 Å². The van der Waals surface area contributed by atoms with E-state index >= 15 is 0 Å². The van der Waals surface area contributed by atoms with Crippen LogP contribution in [0, 0.1) is 0 Å². The van der Waals surface area contributed by atoms with Crippen molar-refractivity contribution in [2.45, 2.75) is 18.3 Å². The molecule has 0 spiro atoms. The molecule has 3 nitrogen and oxygen atoms in total. The molecule has 3 rings (SSSR count). The molecule has 0 saturated carbocycles. The maximum atomic E-state index is 6.03. The van der Waals surface area contributed by atoms with Crippen LogP contribution >= 0.6 is 23.2 Å². The van der Waals surface area contributed by atoms with Gasteiger partial charge in [-0.05, 0) is 38.2 Å². The minimum Gasteiger partial charge on any atom is -0.322 e. The van der Waals surface area contributed by atoms with Gasteiger partial charge in [0.2, 0.25) is 0 Å². The highest BCUT2D eigenvalue weighted by Gasteiger charge is 2.25. The van der Waals surface area contributed by atoms with Gasteiger partial charge in [-0.25, -0.2) is 4.98 Å². The van der Waals surface area contributed by atoms with Crippen LogP contribution in [0.3, 0.4) is 0 Å². The van der Waals surface area contributed by atoms with E-state index in [1.54, 1.807) is 0 Å². The smallest absolute Gasteiger partial charge is 0.125 e. The Bertz CT molecular complexity index is 579. The van der Waals surface area contributed by atoms with Crippen molar-refractivity contribution in [1.82, 2.24) is 14.5 Å². The average Bonchev–Trinajstić information content (AvgIpc) is 2.91. The van der Waals surface area contributed by atoms with E-state index in [0.717, 1.165) is 41.4 Å². The van der Waals surface area contributed by atoms with Crippen LogP contribution in [-0.4, -0.2) is 34.6 Å². The fourth-order valence-electron chi connectivity index (χ4n) is 2.75. The van der Waals surface area contributed by atoms with E-state index < -0.39 is 0 Å². The third-order valence-electron chi connectivity index (χ3n) is 3.58. The van der Waals surface area contributed by atoms with Crippen molar-refractivity contribution in [2.24, 2.45) is 0 Å². The fourth-order valence-corrected chi connectivity index (χ4v) is 3.10. The summed E-state index contributed by atoms with van der Waals surface area (Å²) in [6, 6.07) is 6.33. The summed E-state index contributed by atoms with van der Waals surface area (Å²) in [5.74, 6) is 1.38. The molecule has 0 radical (unpaired) electrons. The molecule has 0 bridgehead atoms. The van der Waals surface area contributed by atoms with Gasteiger partial charge < -0.3 is 9.47 Å². The number of rotatable bonds is 2. The molecule has 1 atom stereocenters. The summed E-state index contributed by atoms with van der Waals surface area (Å²) >= 11 is 12.0. The summed E-state index contributed by atoms with van der Waals surface area (Å²) in [7, 11) is 2.15. The van der Waals surface area contributed by atoms with Gasteiger partial charge in [-0.2, -0.15) is 0 Å². The number of nitrogens with zero attached hydrogens (tertiary/aromatic N) is 3. The standard InChI is InChI=1S/C13H15Cl2N3/c1-17-5-4-10(8-17)18-12-3-2-9(15)6-11(12)16-13(18)7-14/h2-3,6,10H,4-5,7-8H2,1H3. The van der Waals surface area contributed by atoms with E-state index in [-0.39, 0.29) is 0 Å². The number of alkyl halides is 1. The number of aromatic nitrogens is 2. The van der Waals surface area contributed by atoms with Gasteiger partial charge in [0.1, 0.15) is 5.82 Å². The molecule has 1 aromatic heterocycles. The highest BCUT2D eigenvalue weighted by atomic mass is 35.5. The molecule has 1 aliphatic heterocycles. The van der Waals surface area contributed by atoms with Gasteiger partial charge in [-0.3, -0.25) is 0 Å². The zero-order chi connectivity index (χ0) is 12.7. The molecule has 96 valence electrons. The van der Waals surface area contributed by atoms with E-state index in [0.29, 0.717) is 11.9 Å². The topological polar surface area (TPSA) is 21.1 Å². The molecule has 1 aliphatic rings. The van der Waals surface area contributed by atoms with Crippen molar-refractivity contribution in [3.8, 4) is 0 Å². The number of likely N-dealkylation sites (tertiary alicyclic amines) is 1. The zero-order valence-corrected chi connectivity index (χ0v) is 11.7. The third-order valence-corrected chi connectivity index (χ3v) is 4.05. The van der Waals surface area contributed by atoms with Gasteiger partial charge in [-0.1, -0.05) is 11.6 Å². The Morgan fingerprint density at radius 3 is 2.94 bits per heavy atom. The minimum absolute atomic E-state index is 0.437. The van der Waals surface area contributed by atoms with Crippen LogP contribution in [0.15, 0.2) is 18.2 Å². The normalized spacial score (nSPS) is 20.9. The summed E-state index contributed by atoms with van der Waals surface area (Å²) in [6.45, 7) is 2.18. The largest absolute Gasteiger partial charge is 0.322 e. The second-order valence-corrected chi connectivity index (χ2v) is 5.57. The minimum atomic E-state index is 0.437. The maximum absolute atomic E-state index is 6.03. The van der Waals surface area contributed by atoms with Crippen molar-refractivity contribution in [2.75, 3.05) is 20.1 Å². The van der Waals surface area contributed by atoms with Crippen molar-refractivity contribution in [3.63, 3.8) is 0 Å². The zero-order valence-electron chi connectivity index (χ0n) is 10.2. The molecular weight excluding hydrogens is 269 g/mol. The van der Waals surface area contributed by atoms with Gasteiger partial charge in [0.25, 0.3) is 0 Å². The summed E-state index contributed by atoms with van der Waals surface area (Å²) < 4.78 is 2.28. The lowest BCUT2D eigenvalue weighted by atomic mass is 10.2. The number of fused-ring (bicyclic) bond motifs is 1. The molecule has 0 aliphatic carbocycles. The van der Waals surface area contributed by atoms with Crippen molar-refractivity contribution >= 4 is 34.2 Å². The lowest BCUT2D eigenvalue weighted by Crippen LogP contribution is -2.17. The van der Waals surface area contributed by atoms with Gasteiger partial charge in [0, 0.05) is 17.6 Å². The summed E-state index contributed by atoms with van der Waals surface area (Å²) in [5, 5.41) is 0.719. The predicted octanol–water partition coefficient (Wildman–Crippen LogP) is 3.31. The van der Waals surface area contributed by atoms with E-state index in [1.165, 1.54) is 0 Å². The van der Waals surface area contributed by atoms with Gasteiger partial charge in [0.05, 0.1) is 16.9 Å². The van der Waals surface area contributed by atoms with Gasteiger partial charge >= 0.3 is 0 Å². The molecule has 1 saturated heterocycles. The molecular formula is C13H15Cl2N3. The molecule has 0 amide bonds. The predicted molar refractivity (Wildman–Crippen MR) is 75.5 cm³/mol. The van der Waals surface area contributed by atoms with Crippen molar-refractivity contribution < 1.29 is 0 Å². The summed E-state index contributed by atoms with van der Waals surface area (Å²) in [5.41, 5.74) is 2.07.